The van der Waals surface area contributed by atoms with Crippen molar-refractivity contribution in [1.29, 1.82) is 0 Å². The van der Waals surface area contributed by atoms with Crippen LogP contribution in [-0.4, -0.2) is 37.7 Å². The van der Waals surface area contributed by atoms with E-state index in [9.17, 15) is 14.4 Å². The summed E-state index contributed by atoms with van der Waals surface area (Å²) in [6.45, 7) is 4.37. The molecule has 154 valence electrons. The van der Waals surface area contributed by atoms with Gasteiger partial charge in [-0.1, -0.05) is 37.2 Å². The molecule has 2 aromatic heterocycles. The lowest BCUT2D eigenvalue weighted by atomic mass is 10.3. The van der Waals surface area contributed by atoms with Crippen molar-refractivity contribution in [3.8, 4) is 0 Å². The van der Waals surface area contributed by atoms with E-state index in [2.05, 4.69) is 15.0 Å². The van der Waals surface area contributed by atoms with Crippen molar-refractivity contribution in [3.63, 3.8) is 0 Å². The summed E-state index contributed by atoms with van der Waals surface area (Å²) in [4.78, 5) is 48.5. The molecule has 0 spiro atoms. The average Bonchev–Trinajstić information content (AvgIpc) is 3.12. The predicted molar refractivity (Wildman–Crippen MR) is 115 cm³/mol. The van der Waals surface area contributed by atoms with Gasteiger partial charge >= 0.3 is 5.69 Å². The first-order chi connectivity index (χ1) is 14.0. The molecule has 1 aromatic carbocycles. The van der Waals surface area contributed by atoms with Gasteiger partial charge in [0.1, 0.15) is 5.82 Å². The fourth-order valence-corrected chi connectivity index (χ4v) is 3.80. The number of carbonyl (C=O) groups is 1. The number of aromatic amines is 2. The number of amides is 1. The highest BCUT2D eigenvalue weighted by Crippen LogP contribution is 2.22. The van der Waals surface area contributed by atoms with Gasteiger partial charge in [0.05, 0.1) is 16.8 Å². The number of carbonyl (C=O) groups excluding carboxylic acids is 1. The van der Waals surface area contributed by atoms with Crippen LogP contribution in [0.15, 0.2) is 39.0 Å². The molecule has 0 atom stereocenters. The maximum Gasteiger partial charge on any atom is 0.330 e. The standard InChI is InChI=1S/C19H24N6O3S/c1-3-5-10-25-16(20)15(17(27)23-19(25)28)24(4-2)14(26)11-29-18-21-12-8-6-7-9-13(12)22-18/h6-9H,3-5,10-11,20H2,1-2H3,(H,21,22)(H,23,27,28). The molecular formula is C19H24N6O3S. The Labute approximate surface area is 171 Å². The molecule has 3 aromatic rings. The van der Waals surface area contributed by atoms with Crippen molar-refractivity contribution < 1.29 is 4.79 Å². The summed E-state index contributed by atoms with van der Waals surface area (Å²) in [6, 6.07) is 7.59. The number of para-hydroxylation sites is 2. The number of hydrogen-bond donors (Lipinski definition) is 3. The molecule has 1 amide bonds. The van der Waals surface area contributed by atoms with E-state index in [0.717, 1.165) is 23.9 Å². The SMILES string of the molecule is CCCCn1c(N)c(N(CC)C(=O)CSc2nc3ccccc3[nH]2)c(=O)[nH]c1=O. The molecule has 4 N–H and O–H groups in total. The van der Waals surface area contributed by atoms with E-state index in [1.807, 2.05) is 31.2 Å². The molecule has 29 heavy (non-hydrogen) atoms. The van der Waals surface area contributed by atoms with E-state index >= 15 is 0 Å². The Bertz CT molecular complexity index is 1100. The summed E-state index contributed by atoms with van der Waals surface area (Å²) in [5, 5.41) is 0.616. The first kappa shape index (κ1) is 20.7. The molecule has 3 rings (SSSR count). The van der Waals surface area contributed by atoms with Crippen molar-refractivity contribution in [1.82, 2.24) is 19.5 Å². The van der Waals surface area contributed by atoms with Crippen molar-refractivity contribution >= 4 is 40.2 Å². The first-order valence-corrected chi connectivity index (χ1v) is 10.4. The Morgan fingerprint density at radius 3 is 2.69 bits per heavy atom. The Morgan fingerprint density at radius 1 is 1.24 bits per heavy atom. The van der Waals surface area contributed by atoms with Crippen molar-refractivity contribution in [2.24, 2.45) is 0 Å². The fraction of sp³-hybridized carbons (Fsp3) is 0.368. The third kappa shape index (κ3) is 4.37. The van der Waals surface area contributed by atoms with Crippen LogP contribution < -0.4 is 21.9 Å². The van der Waals surface area contributed by atoms with E-state index in [1.165, 1.54) is 21.2 Å². The number of fused-ring (bicyclic) bond motifs is 1. The lowest BCUT2D eigenvalue weighted by molar-refractivity contribution is -0.116. The molecule has 0 unspecified atom stereocenters. The number of unbranched alkanes of at least 4 members (excludes halogenated alkanes) is 1. The van der Waals surface area contributed by atoms with Crippen LogP contribution in [0, 0.1) is 0 Å². The van der Waals surface area contributed by atoms with Gasteiger partial charge in [0.15, 0.2) is 10.8 Å². The van der Waals surface area contributed by atoms with Gasteiger partial charge in [-0.2, -0.15) is 0 Å². The number of aromatic nitrogens is 4. The number of imidazole rings is 1. The second kappa shape index (κ2) is 8.99. The van der Waals surface area contributed by atoms with Crippen LogP contribution in [0.4, 0.5) is 11.5 Å². The fourth-order valence-electron chi connectivity index (χ4n) is 3.04. The van der Waals surface area contributed by atoms with Gasteiger partial charge < -0.3 is 15.6 Å². The number of benzene rings is 1. The second-order valence-corrected chi connectivity index (χ2v) is 7.45. The largest absolute Gasteiger partial charge is 0.383 e. The van der Waals surface area contributed by atoms with Crippen LogP contribution in [0.5, 0.6) is 0 Å². The Hall–Kier alpha value is -3.01. The van der Waals surface area contributed by atoms with E-state index in [0.29, 0.717) is 11.7 Å². The summed E-state index contributed by atoms with van der Waals surface area (Å²) >= 11 is 1.25. The van der Waals surface area contributed by atoms with Crippen molar-refractivity contribution in [2.75, 3.05) is 22.9 Å². The summed E-state index contributed by atoms with van der Waals surface area (Å²) in [7, 11) is 0. The quantitative estimate of drug-likeness (QED) is 0.481. The molecule has 0 aliphatic rings. The predicted octanol–water partition coefficient (Wildman–Crippen LogP) is 1.94. The van der Waals surface area contributed by atoms with Gasteiger partial charge in [0.2, 0.25) is 5.91 Å². The minimum absolute atomic E-state index is 0.0103. The highest BCUT2D eigenvalue weighted by Gasteiger charge is 2.23. The summed E-state index contributed by atoms with van der Waals surface area (Å²) < 4.78 is 1.31. The van der Waals surface area contributed by atoms with Crippen LogP contribution >= 0.6 is 11.8 Å². The van der Waals surface area contributed by atoms with E-state index in [4.69, 9.17) is 5.73 Å². The van der Waals surface area contributed by atoms with Gasteiger partial charge in [0.25, 0.3) is 5.56 Å². The monoisotopic (exact) mass is 416 g/mol. The second-order valence-electron chi connectivity index (χ2n) is 6.48. The molecule has 0 bridgehead atoms. The van der Waals surface area contributed by atoms with Crippen LogP contribution in [0.1, 0.15) is 26.7 Å². The van der Waals surface area contributed by atoms with Gasteiger partial charge in [-0.3, -0.25) is 19.1 Å². The van der Waals surface area contributed by atoms with Crippen LogP contribution in [-0.2, 0) is 11.3 Å². The van der Waals surface area contributed by atoms with E-state index in [-0.39, 0.29) is 29.7 Å². The zero-order valence-corrected chi connectivity index (χ0v) is 17.2. The van der Waals surface area contributed by atoms with Crippen LogP contribution in [0.3, 0.4) is 0 Å². The first-order valence-electron chi connectivity index (χ1n) is 9.46. The number of thioether (sulfide) groups is 1. The number of hydrogen-bond acceptors (Lipinski definition) is 6. The zero-order valence-electron chi connectivity index (χ0n) is 16.4. The Balaban J connectivity index is 1.83. The molecule has 0 saturated carbocycles. The average molecular weight is 417 g/mol. The lowest BCUT2D eigenvalue weighted by Gasteiger charge is -2.22. The number of H-pyrrole nitrogens is 2. The molecule has 0 aliphatic carbocycles. The zero-order chi connectivity index (χ0) is 21.0. The molecule has 2 heterocycles. The summed E-state index contributed by atoms with van der Waals surface area (Å²) in [5.74, 6) is -0.215. The number of nitrogens with zero attached hydrogens (tertiary/aromatic N) is 3. The van der Waals surface area contributed by atoms with Crippen LogP contribution in [0.25, 0.3) is 11.0 Å². The molecule has 0 radical (unpaired) electrons. The molecular weight excluding hydrogens is 392 g/mol. The minimum Gasteiger partial charge on any atom is -0.383 e. The minimum atomic E-state index is -0.663. The number of nitrogen functional groups attached to an aromatic ring is 1. The third-order valence-electron chi connectivity index (χ3n) is 4.54. The Morgan fingerprint density at radius 2 is 2.00 bits per heavy atom. The van der Waals surface area contributed by atoms with Crippen molar-refractivity contribution in [3.05, 3.63) is 45.1 Å². The van der Waals surface area contributed by atoms with E-state index in [1.54, 1.807) is 6.92 Å². The number of nitrogens with one attached hydrogen (secondary N) is 2. The Kier molecular flexibility index (Phi) is 6.42. The molecule has 0 aliphatic heterocycles. The highest BCUT2D eigenvalue weighted by atomic mass is 32.2. The smallest absolute Gasteiger partial charge is 0.330 e. The van der Waals surface area contributed by atoms with Gasteiger partial charge in [-0.05, 0) is 25.5 Å². The third-order valence-corrected chi connectivity index (χ3v) is 5.39. The highest BCUT2D eigenvalue weighted by molar-refractivity contribution is 7.99. The number of anilines is 2. The molecule has 0 saturated heterocycles. The normalized spacial score (nSPS) is 11.1. The summed E-state index contributed by atoms with van der Waals surface area (Å²) in [5.41, 5.74) is 6.61. The number of rotatable bonds is 8. The molecule has 0 fully saturated rings. The van der Waals surface area contributed by atoms with Crippen LogP contribution in [0.2, 0.25) is 0 Å². The summed E-state index contributed by atoms with van der Waals surface area (Å²) in [6.07, 6.45) is 1.60. The maximum atomic E-state index is 12.8. The van der Waals surface area contributed by atoms with Gasteiger partial charge in [-0.25, -0.2) is 9.78 Å². The van der Waals surface area contributed by atoms with Crippen molar-refractivity contribution in [2.45, 2.75) is 38.4 Å². The topological polar surface area (TPSA) is 130 Å². The van der Waals surface area contributed by atoms with Gasteiger partial charge in [-0.15, -0.1) is 0 Å². The van der Waals surface area contributed by atoms with E-state index < -0.39 is 11.2 Å². The molecule has 9 nitrogen and oxygen atoms in total. The molecule has 10 heteroatoms. The number of nitrogens with two attached hydrogens (primary N) is 1. The van der Waals surface area contributed by atoms with Gasteiger partial charge in [0, 0.05) is 13.1 Å². The maximum absolute atomic E-state index is 12.8. The lowest BCUT2D eigenvalue weighted by Crippen LogP contribution is -2.41.